The van der Waals surface area contributed by atoms with E-state index < -0.39 is 5.60 Å². The van der Waals surface area contributed by atoms with E-state index in [9.17, 15) is 9.90 Å². The van der Waals surface area contributed by atoms with Gasteiger partial charge in [0, 0.05) is 30.6 Å². The predicted octanol–water partition coefficient (Wildman–Crippen LogP) is 3.59. The Morgan fingerprint density at radius 3 is 2.79 bits per heavy atom. The van der Waals surface area contributed by atoms with Gasteiger partial charge in [-0.2, -0.15) is 5.10 Å². The summed E-state index contributed by atoms with van der Waals surface area (Å²) in [5.41, 5.74) is 10.5. The number of nitrogens with two attached hydrogens (primary N) is 1. The zero-order valence-electron chi connectivity index (χ0n) is 19.8. The van der Waals surface area contributed by atoms with E-state index in [0.717, 1.165) is 45.8 Å². The maximum atomic E-state index is 13.5. The molecule has 1 aliphatic carbocycles. The molecule has 1 amide bonds. The van der Waals surface area contributed by atoms with Gasteiger partial charge in [-0.1, -0.05) is 17.9 Å². The quantitative estimate of drug-likeness (QED) is 0.452. The van der Waals surface area contributed by atoms with Gasteiger partial charge >= 0.3 is 0 Å². The first-order chi connectivity index (χ1) is 16.1. The van der Waals surface area contributed by atoms with Crippen molar-refractivity contribution in [3.63, 3.8) is 0 Å². The molecular formula is C27H27N5O2. The molecule has 2 heterocycles. The molecule has 1 aliphatic rings. The number of anilines is 1. The van der Waals surface area contributed by atoms with Crippen LogP contribution < -0.4 is 5.73 Å². The summed E-state index contributed by atoms with van der Waals surface area (Å²) in [5, 5.41) is 15.8. The van der Waals surface area contributed by atoms with Crippen molar-refractivity contribution in [2.75, 3.05) is 12.8 Å². The van der Waals surface area contributed by atoms with E-state index in [4.69, 9.17) is 5.73 Å². The Bertz CT molecular complexity index is 1520. The van der Waals surface area contributed by atoms with Crippen molar-refractivity contribution in [1.29, 1.82) is 0 Å². The van der Waals surface area contributed by atoms with E-state index >= 15 is 0 Å². The molecule has 2 aromatic carbocycles. The summed E-state index contributed by atoms with van der Waals surface area (Å²) in [7, 11) is 3.71. The molecule has 0 aliphatic heterocycles. The molecule has 7 nitrogen and oxygen atoms in total. The zero-order chi connectivity index (χ0) is 24.2. The lowest BCUT2D eigenvalue weighted by Gasteiger charge is -2.26. The van der Waals surface area contributed by atoms with Crippen LogP contribution in [-0.2, 0) is 13.5 Å². The van der Waals surface area contributed by atoms with Gasteiger partial charge in [-0.15, -0.1) is 0 Å². The van der Waals surface area contributed by atoms with Crippen molar-refractivity contribution in [1.82, 2.24) is 19.7 Å². The summed E-state index contributed by atoms with van der Waals surface area (Å²) in [6, 6.07) is 11.6. The number of carbonyl (C=O) groups is 1. The number of aryl methyl sites for hydroxylation is 2. The molecule has 0 saturated carbocycles. The minimum Gasteiger partial charge on any atom is -0.383 e. The number of nitrogen functional groups attached to an aromatic ring is 1. The Morgan fingerprint density at radius 2 is 2.03 bits per heavy atom. The second kappa shape index (κ2) is 7.86. The average Bonchev–Trinajstić information content (AvgIpc) is 3.40. The second-order valence-corrected chi connectivity index (χ2v) is 9.45. The fourth-order valence-corrected chi connectivity index (χ4v) is 4.74. The monoisotopic (exact) mass is 453 g/mol. The van der Waals surface area contributed by atoms with E-state index in [1.165, 1.54) is 5.56 Å². The topological polar surface area (TPSA) is 97.3 Å². The minimum atomic E-state index is -1.03. The molecule has 0 bridgehead atoms. The van der Waals surface area contributed by atoms with E-state index in [1.807, 2.05) is 37.2 Å². The highest BCUT2D eigenvalue weighted by molar-refractivity contribution is 6.10. The Kier molecular flexibility index (Phi) is 5.07. The van der Waals surface area contributed by atoms with Crippen LogP contribution in [0.5, 0.6) is 0 Å². The number of benzene rings is 2. The summed E-state index contributed by atoms with van der Waals surface area (Å²) in [4.78, 5) is 19.8. The SMILES string of the molecule is CN(C(=O)c1ccc2nc(N)c3cnn(C)c3c2c1)C1CCc2cc(C#CC(C)(C)O)ccc21. The standard InChI is InChI=1S/C27H27N5O2/c1-27(2,34)12-11-16-5-8-19-17(13-16)7-10-23(19)31(3)26(33)18-6-9-22-20(14-18)24-21(25(28)30-22)15-29-32(24)4/h5-6,8-9,13-15,23,34H,7,10H2,1-4H3,(H2,28,30). The molecule has 0 radical (unpaired) electrons. The number of hydrogen-bond acceptors (Lipinski definition) is 5. The lowest BCUT2D eigenvalue weighted by Crippen LogP contribution is -2.30. The lowest BCUT2D eigenvalue weighted by molar-refractivity contribution is 0.0730. The predicted molar refractivity (Wildman–Crippen MR) is 133 cm³/mol. The van der Waals surface area contributed by atoms with Crippen molar-refractivity contribution in [2.24, 2.45) is 7.05 Å². The van der Waals surface area contributed by atoms with Gasteiger partial charge in [0.2, 0.25) is 0 Å². The number of hydrogen-bond donors (Lipinski definition) is 2. The summed E-state index contributed by atoms with van der Waals surface area (Å²) in [5.74, 6) is 6.29. The lowest BCUT2D eigenvalue weighted by atomic mass is 10.0. The highest BCUT2D eigenvalue weighted by Gasteiger charge is 2.29. The third kappa shape index (κ3) is 3.76. The van der Waals surface area contributed by atoms with Crippen LogP contribution >= 0.6 is 0 Å². The Labute approximate surface area is 198 Å². The fourth-order valence-electron chi connectivity index (χ4n) is 4.74. The van der Waals surface area contributed by atoms with Gasteiger partial charge in [0.05, 0.1) is 28.7 Å². The first-order valence-corrected chi connectivity index (χ1v) is 11.3. The third-order valence-corrected chi connectivity index (χ3v) is 6.44. The first-order valence-electron chi connectivity index (χ1n) is 11.3. The van der Waals surface area contributed by atoms with Crippen LogP contribution in [0.3, 0.4) is 0 Å². The number of nitrogens with zero attached hydrogens (tertiary/aromatic N) is 4. The number of carbonyl (C=O) groups excluding carboxylic acids is 1. The maximum Gasteiger partial charge on any atom is 0.254 e. The highest BCUT2D eigenvalue weighted by Crippen LogP contribution is 2.36. The molecule has 5 rings (SSSR count). The molecule has 0 fully saturated rings. The molecule has 172 valence electrons. The van der Waals surface area contributed by atoms with Crippen LogP contribution in [0.25, 0.3) is 21.8 Å². The largest absolute Gasteiger partial charge is 0.383 e. The van der Waals surface area contributed by atoms with Gasteiger partial charge in [0.25, 0.3) is 5.91 Å². The summed E-state index contributed by atoms with van der Waals surface area (Å²) in [6.07, 6.45) is 3.44. The van der Waals surface area contributed by atoms with Crippen LogP contribution in [0, 0.1) is 11.8 Å². The summed E-state index contributed by atoms with van der Waals surface area (Å²) in [6.45, 7) is 3.34. The Balaban J connectivity index is 1.46. The maximum absolute atomic E-state index is 13.5. The number of aliphatic hydroxyl groups is 1. The number of fused-ring (bicyclic) bond motifs is 4. The van der Waals surface area contributed by atoms with Crippen molar-refractivity contribution in [2.45, 2.75) is 38.3 Å². The Morgan fingerprint density at radius 1 is 1.24 bits per heavy atom. The highest BCUT2D eigenvalue weighted by atomic mass is 16.3. The number of aromatic nitrogens is 3. The van der Waals surface area contributed by atoms with Gasteiger partial charge < -0.3 is 15.7 Å². The van der Waals surface area contributed by atoms with Gasteiger partial charge in [-0.3, -0.25) is 9.48 Å². The van der Waals surface area contributed by atoms with Crippen molar-refractivity contribution < 1.29 is 9.90 Å². The van der Waals surface area contributed by atoms with E-state index in [1.54, 1.807) is 30.8 Å². The van der Waals surface area contributed by atoms with Gasteiger partial charge in [0.15, 0.2) is 0 Å². The Hall–Kier alpha value is -3.89. The molecule has 1 unspecified atom stereocenters. The molecule has 7 heteroatoms. The molecule has 2 aromatic heterocycles. The summed E-state index contributed by atoms with van der Waals surface area (Å²) >= 11 is 0. The van der Waals surface area contributed by atoms with Crippen molar-refractivity contribution >= 4 is 33.5 Å². The second-order valence-electron chi connectivity index (χ2n) is 9.45. The molecule has 1 atom stereocenters. The van der Waals surface area contributed by atoms with Crippen LogP contribution in [0.15, 0.2) is 42.6 Å². The van der Waals surface area contributed by atoms with Crippen molar-refractivity contribution in [3.8, 4) is 11.8 Å². The average molecular weight is 454 g/mol. The molecule has 34 heavy (non-hydrogen) atoms. The molecule has 3 N–H and O–H groups in total. The smallest absolute Gasteiger partial charge is 0.254 e. The van der Waals surface area contributed by atoms with Gasteiger partial charge in [-0.25, -0.2) is 4.98 Å². The van der Waals surface area contributed by atoms with Crippen molar-refractivity contribution in [3.05, 3.63) is 64.8 Å². The zero-order valence-corrected chi connectivity index (χ0v) is 19.8. The third-order valence-electron chi connectivity index (χ3n) is 6.44. The first kappa shape index (κ1) is 21.9. The molecule has 4 aromatic rings. The van der Waals surface area contributed by atoms with Gasteiger partial charge in [0.1, 0.15) is 11.4 Å². The van der Waals surface area contributed by atoms with Crippen LogP contribution in [0.4, 0.5) is 5.82 Å². The fraction of sp³-hybridized carbons (Fsp3) is 0.296. The number of amides is 1. The van der Waals surface area contributed by atoms with E-state index in [2.05, 4.69) is 34.1 Å². The van der Waals surface area contributed by atoms with E-state index in [-0.39, 0.29) is 11.9 Å². The van der Waals surface area contributed by atoms with Crippen LogP contribution in [0.1, 0.15) is 53.4 Å². The number of pyridine rings is 1. The molecular weight excluding hydrogens is 426 g/mol. The summed E-state index contributed by atoms with van der Waals surface area (Å²) < 4.78 is 1.76. The number of rotatable bonds is 2. The van der Waals surface area contributed by atoms with Crippen LogP contribution in [0.2, 0.25) is 0 Å². The molecule has 0 spiro atoms. The molecule has 0 saturated heterocycles. The normalized spacial score (nSPS) is 15.3. The van der Waals surface area contributed by atoms with E-state index in [0.29, 0.717) is 11.4 Å². The minimum absolute atomic E-state index is 0.00393. The van der Waals surface area contributed by atoms with Gasteiger partial charge in [-0.05, 0) is 68.1 Å². The van der Waals surface area contributed by atoms with Crippen LogP contribution in [-0.4, -0.2) is 43.3 Å².